The number of carbonyl (C=O) groups is 1. The molecule has 1 aliphatic carbocycles. The van der Waals surface area contributed by atoms with Gasteiger partial charge in [-0.25, -0.2) is 0 Å². The number of ether oxygens (including phenoxy) is 2. The Balaban J connectivity index is 1.47. The van der Waals surface area contributed by atoms with Crippen LogP contribution < -0.4 is 20.1 Å². The summed E-state index contributed by atoms with van der Waals surface area (Å²) in [5.74, 6) is 0.913. The van der Waals surface area contributed by atoms with Crippen LogP contribution in [-0.2, 0) is 5.41 Å². The third-order valence-electron chi connectivity index (χ3n) is 6.00. The Bertz CT molecular complexity index is 875. The lowest BCUT2D eigenvalue weighted by Crippen LogP contribution is -2.48. The molecule has 1 aromatic carbocycles. The molecule has 27 heavy (non-hydrogen) atoms. The minimum absolute atomic E-state index is 0.225. The molecular formula is C20H22N2O4S. The normalized spacial score (nSPS) is 25.2. The summed E-state index contributed by atoms with van der Waals surface area (Å²) in [6.45, 7) is 2.68. The molecule has 0 saturated carbocycles. The molecule has 142 valence electrons. The van der Waals surface area contributed by atoms with Crippen LogP contribution in [0.4, 0.5) is 0 Å². The van der Waals surface area contributed by atoms with E-state index in [9.17, 15) is 9.90 Å². The largest absolute Gasteiger partial charge is 0.485 e. The van der Waals surface area contributed by atoms with Crippen molar-refractivity contribution in [2.24, 2.45) is 0 Å². The van der Waals surface area contributed by atoms with Gasteiger partial charge in [-0.15, -0.1) is 11.3 Å². The fraction of sp³-hybridized carbons (Fsp3) is 0.450. The number of rotatable bonds is 2. The lowest BCUT2D eigenvalue weighted by Gasteiger charge is -2.38. The molecule has 1 amide bonds. The fourth-order valence-corrected chi connectivity index (χ4v) is 5.52. The topological polar surface area (TPSA) is 79.8 Å². The van der Waals surface area contributed by atoms with E-state index in [2.05, 4.69) is 16.7 Å². The maximum Gasteiger partial charge on any atom is 0.265 e. The highest BCUT2D eigenvalue weighted by Gasteiger charge is 2.52. The van der Waals surface area contributed by atoms with Gasteiger partial charge < -0.3 is 25.2 Å². The molecule has 1 spiro atoms. The first-order valence-electron chi connectivity index (χ1n) is 9.37. The van der Waals surface area contributed by atoms with E-state index in [0.717, 1.165) is 37.1 Å². The van der Waals surface area contributed by atoms with Gasteiger partial charge in [0, 0.05) is 10.8 Å². The first kappa shape index (κ1) is 17.0. The van der Waals surface area contributed by atoms with Gasteiger partial charge in [0.1, 0.15) is 18.1 Å². The van der Waals surface area contributed by atoms with Crippen molar-refractivity contribution in [3.8, 4) is 11.5 Å². The van der Waals surface area contributed by atoms with Gasteiger partial charge in [0.15, 0.2) is 11.5 Å². The molecule has 0 bridgehead atoms. The van der Waals surface area contributed by atoms with Crippen LogP contribution in [0.3, 0.4) is 0 Å². The molecule has 3 heterocycles. The van der Waals surface area contributed by atoms with Gasteiger partial charge in [-0.05, 0) is 37.1 Å². The minimum atomic E-state index is -0.645. The number of fused-ring (bicyclic) bond motifs is 3. The second-order valence-electron chi connectivity index (χ2n) is 7.34. The zero-order valence-electron chi connectivity index (χ0n) is 14.9. The summed E-state index contributed by atoms with van der Waals surface area (Å²) in [6.07, 6.45) is 1.08. The van der Waals surface area contributed by atoms with E-state index in [4.69, 9.17) is 9.47 Å². The Hall–Kier alpha value is -2.09. The molecule has 0 radical (unpaired) electrons. The van der Waals surface area contributed by atoms with E-state index >= 15 is 0 Å². The number of benzene rings is 1. The van der Waals surface area contributed by atoms with Crippen LogP contribution in [0.25, 0.3) is 0 Å². The summed E-state index contributed by atoms with van der Waals surface area (Å²) in [6, 6.07) is 7.67. The number of piperidine rings is 1. The van der Waals surface area contributed by atoms with Crippen LogP contribution in [0, 0.1) is 0 Å². The first-order valence-corrected chi connectivity index (χ1v) is 10.2. The fourth-order valence-electron chi connectivity index (χ4n) is 4.69. The van der Waals surface area contributed by atoms with Gasteiger partial charge in [0.05, 0.1) is 12.1 Å². The number of aliphatic hydroxyl groups is 1. The summed E-state index contributed by atoms with van der Waals surface area (Å²) in [5.41, 5.74) is 1.88. The highest BCUT2D eigenvalue weighted by atomic mass is 32.1. The highest BCUT2D eigenvalue weighted by molar-refractivity contribution is 7.12. The van der Waals surface area contributed by atoms with Crippen molar-refractivity contribution in [2.75, 3.05) is 26.3 Å². The van der Waals surface area contributed by atoms with Crippen LogP contribution in [0.5, 0.6) is 11.5 Å². The number of nitrogens with one attached hydrogen (secondary N) is 2. The number of carbonyl (C=O) groups excluding carboxylic acids is 1. The zero-order valence-corrected chi connectivity index (χ0v) is 15.7. The second kappa shape index (κ2) is 6.51. The van der Waals surface area contributed by atoms with Crippen molar-refractivity contribution in [3.63, 3.8) is 0 Å². The monoisotopic (exact) mass is 386 g/mol. The van der Waals surface area contributed by atoms with E-state index in [1.54, 1.807) is 5.38 Å². The minimum Gasteiger partial charge on any atom is -0.485 e. The van der Waals surface area contributed by atoms with Crippen LogP contribution in [0.2, 0.25) is 0 Å². The lowest BCUT2D eigenvalue weighted by atomic mass is 9.72. The molecule has 7 heteroatoms. The number of hydrogen-bond donors (Lipinski definition) is 3. The summed E-state index contributed by atoms with van der Waals surface area (Å²) < 4.78 is 11.2. The molecule has 2 aromatic rings. The van der Waals surface area contributed by atoms with Gasteiger partial charge in [-0.3, -0.25) is 4.79 Å². The predicted octanol–water partition coefficient (Wildman–Crippen LogP) is 1.99. The van der Waals surface area contributed by atoms with Crippen molar-refractivity contribution >= 4 is 17.2 Å². The molecule has 6 nitrogen and oxygen atoms in total. The number of thiophene rings is 1. The van der Waals surface area contributed by atoms with Crippen LogP contribution in [0.1, 0.15) is 39.7 Å². The average molecular weight is 386 g/mol. The first-order chi connectivity index (χ1) is 13.2. The Morgan fingerprint density at radius 3 is 2.85 bits per heavy atom. The highest BCUT2D eigenvalue weighted by Crippen LogP contribution is 2.50. The molecule has 3 N–H and O–H groups in total. The summed E-state index contributed by atoms with van der Waals surface area (Å²) in [7, 11) is 0. The molecular weight excluding hydrogens is 364 g/mol. The Labute approximate surface area is 161 Å². The van der Waals surface area contributed by atoms with Crippen LogP contribution in [-0.4, -0.2) is 43.4 Å². The summed E-state index contributed by atoms with van der Waals surface area (Å²) in [4.78, 5) is 13.5. The van der Waals surface area contributed by atoms with Gasteiger partial charge in [-0.2, -0.15) is 0 Å². The van der Waals surface area contributed by atoms with E-state index in [-0.39, 0.29) is 11.3 Å². The molecule has 5 rings (SSSR count). The van der Waals surface area contributed by atoms with Crippen molar-refractivity contribution in [1.82, 2.24) is 10.6 Å². The third kappa shape index (κ3) is 2.56. The maximum absolute atomic E-state index is 13.0. The average Bonchev–Trinajstić information content (AvgIpc) is 3.24. The summed E-state index contributed by atoms with van der Waals surface area (Å²) >= 11 is 1.31. The Kier molecular flexibility index (Phi) is 4.11. The van der Waals surface area contributed by atoms with Gasteiger partial charge in [0.25, 0.3) is 5.91 Å². The van der Waals surface area contributed by atoms with Crippen LogP contribution >= 0.6 is 11.3 Å². The standard InChI is InChI=1S/C20H22N2O4S/c23-18-15(22-19(24)17-16-14(11-27-17)25-9-10-26-16)12-3-1-2-4-13(12)20(18)5-7-21-8-6-20/h1-4,11,15,18,21,23H,5-10H2,(H,22,24)/t15-,18+/m1/s1. The maximum atomic E-state index is 13.0. The Morgan fingerprint density at radius 2 is 2.00 bits per heavy atom. The smallest absolute Gasteiger partial charge is 0.265 e. The van der Waals surface area contributed by atoms with Crippen molar-refractivity contribution in [2.45, 2.75) is 30.4 Å². The van der Waals surface area contributed by atoms with Crippen molar-refractivity contribution in [1.29, 1.82) is 0 Å². The van der Waals surface area contributed by atoms with E-state index in [1.165, 1.54) is 11.3 Å². The van der Waals surface area contributed by atoms with Crippen molar-refractivity contribution in [3.05, 3.63) is 45.6 Å². The zero-order chi connectivity index (χ0) is 18.4. The molecule has 1 saturated heterocycles. The molecule has 2 aliphatic heterocycles. The number of amides is 1. The van der Waals surface area contributed by atoms with E-state index in [1.807, 2.05) is 18.2 Å². The predicted molar refractivity (Wildman–Crippen MR) is 102 cm³/mol. The molecule has 3 aliphatic rings. The molecule has 0 unspecified atom stereocenters. The van der Waals surface area contributed by atoms with E-state index in [0.29, 0.717) is 29.6 Å². The molecule has 1 aromatic heterocycles. The summed E-state index contributed by atoms with van der Waals surface area (Å²) in [5, 5.41) is 19.5. The van der Waals surface area contributed by atoms with Crippen molar-refractivity contribution < 1.29 is 19.4 Å². The van der Waals surface area contributed by atoms with Gasteiger partial charge in [0.2, 0.25) is 0 Å². The molecule has 2 atom stereocenters. The number of aliphatic hydroxyl groups excluding tert-OH is 1. The number of hydrogen-bond acceptors (Lipinski definition) is 6. The van der Waals surface area contributed by atoms with Crippen LogP contribution in [0.15, 0.2) is 29.6 Å². The van der Waals surface area contributed by atoms with Gasteiger partial charge >= 0.3 is 0 Å². The Morgan fingerprint density at radius 1 is 1.22 bits per heavy atom. The lowest BCUT2D eigenvalue weighted by molar-refractivity contribution is 0.0417. The van der Waals surface area contributed by atoms with Gasteiger partial charge in [-0.1, -0.05) is 24.3 Å². The molecule has 1 fully saturated rings. The quantitative estimate of drug-likeness (QED) is 0.736. The SMILES string of the molecule is O=C(N[C@@H]1c2ccccc2C2(CCNCC2)[C@H]1O)c1scc2c1OCCO2. The second-order valence-corrected chi connectivity index (χ2v) is 8.22. The third-order valence-corrected chi connectivity index (χ3v) is 6.94. The van der Waals surface area contributed by atoms with E-state index < -0.39 is 12.1 Å².